The Hall–Kier alpha value is -7.22. The fourth-order valence-corrected chi connectivity index (χ4v) is 11.8. The van der Waals surface area contributed by atoms with Gasteiger partial charge in [-0.3, -0.25) is 0 Å². The zero-order valence-electron chi connectivity index (χ0n) is 33.7. The van der Waals surface area contributed by atoms with Crippen LogP contribution in [0.15, 0.2) is 234 Å². The van der Waals surface area contributed by atoms with Gasteiger partial charge in [0.05, 0.1) is 17.1 Å². The van der Waals surface area contributed by atoms with Crippen molar-refractivity contribution in [3.8, 4) is 27.9 Å². The molecule has 2 atom stereocenters. The Kier molecular flexibility index (Phi) is 9.07. The first-order chi connectivity index (χ1) is 30.7. The third-order valence-electron chi connectivity index (χ3n) is 12.3. The van der Waals surface area contributed by atoms with E-state index in [0.29, 0.717) is 5.92 Å². The lowest BCUT2D eigenvalue weighted by molar-refractivity contribution is 0.745. The molecule has 4 nitrogen and oxygen atoms in total. The highest BCUT2D eigenvalue weighted by molar-refractivity contribution is 14.2. The van der Waals surface area contributed by atoms with E-state index in [2.05, 4.69) is 216 Å². The highest BCUT2D eigenvalue weighted by Crippen LogP contribution is 2.49. The molecule has 1 aliphatic carbocycles. The number of allylic oxidation sites excluding steroid dienone is 2. The lowest BCUT2D eigenvalue weighted by Gasteiger charge is -2.28. The SMILES string of the molecule is C1=CC2c3cc(-c4ccc5c(c4)c4ccccc4n5-c4ccc(-c5ccc(C6=IC(c7ccccc7)=NC(c7ccccc7)=N6)cc5)cc4)ccc3N(c3ccccc3)C2C=C1. The number of hydrogen-bond donors (Lipinski definition) is 0. The number of halogens is 1. The van der Waals surface area contributed by atoms with Crippen LogP contribution < -0.4 is 4.90 Å². The molecule has 0 fully saturated rings. The van der Waals surface area contributed by atoms with Crippen molar-refractivity contribution in [3.63, 3.8) is 0 Å². The van der Waals surface area contributed by atoms with Crippen LogP contribution in [0, 0.1) is 0 Å². The first kappa shape index (κ1) is 36.6. The molecule has 2 unspecified atom stereocenters. The van der Waals surface area contributed by atoms with Gasteiger partial charge in [0.25, 0.3) is 0 Å². The van der Waals surface area contributed by atoms with Gasteiger partial charge >= 0.3 is 0 Å². The summed E-state index contributed by atoms with van der Waals surface area (Å²) in [6.07, 6.45) is 9.08. The summed E-state index contributed by atoms with van der Waals surface area (Å²) in [6, 6.07) is 72.6. The fraction of sp³-hybridized carbons (Fsp3) is 0.0351. The Labute approximate surface area is 370 Å². The van der Waals surface area contributed by atoms with E-state index >= 15 is 0 Å². The van der Waals surface area contributed by atoms with Crippen LogP contribution in [0.2, 0.25) is 0 Å². The van der Waals surface area contributed by atoms with Crippen LogP contribution in [0.25, 0.3) is 49.7 Å². The smallest absolute Gasteiger partial charge is 0.161 e. The molecule has 62 heavy (non-hydrogen) atoms. The monoisotopic (exact) mass is 906 g/mol. The molecular weight excluding hydrogens is 868 g/mol. The number of benzene rings is 8. The minimum Gasteiger partial charge on any atom is -0.333 e. The Morgan fingerprint density at radius 1 is 0.419 bits per heavy atom. The van der Waals surface area contributed by atoms with Gasteiger partial charge in [-0.15, -0.1) is 0 Å². The maximum Gasteiger partial charge on any atom is 0.161 e. The van der Waals surface area contributed by atoms with E-state index in [-0.39, 0.29) is 6.04 Å². The van der Waals surface area contributed by atoms with Crippen LogP contribution in [0.5, 0.6) is 0 Å². The van der Waals surface area contributed by atoms with Crippen molar-refractivity contribution in [2.45, 2.75) is 12.0 Å². The van der Waals surface area contributed by atoms with Crippen molar-refractivity contribution < 1.29 is 0 Å². The average molecular weight is 907 g/mol. The van der Waals surface area contributed by atoms with Gasteiger partial charge in [0.2, 0.25) is 0 Å². The second kappa shape index (κ2) is 15.4. The van der Waals surface area contributed by atoms with Crippen LogP contribution in [0.3, 0.4) is 0 Å². The number of aliphatic imine (C=N–C) groups is 2. The molecule has 12 rings (SSSR count). The molecule has 0 bridgehead atoms. The molecule has 0 amide bonds. The van der Waals surface area contributed by atoms with Gasteiger partial charge < -0.3 is 9.47 Å². The first-order valence-electron chi connectivity index (χ1n) is 21.1. The van der Waals surface area contributed by atoms with E-state index in [0.717, 1.165) is 30.0 Å². The van der Waals surface area contributed by atoms with Gasteiger partial charge in [-0.1, -0.05) is 170 Å². The van der Waals surface area contributed by atoms with Gasteiger partial charge in [-0.2, -0.15) is 0 Å². The standard InChI is InChI=1S/C57H39IN4/c1-4-14-40(15-5-1)55-58-56(60-57(59-55)42-16-6-2-7-17-42)41-26-24-38(25-27-41)39-28-32-46(33-29-39)62-52-23-13-11-21-48(52)50-37-44(31-35-54(50)62)43-30-34-53-49(36-43)47-20-10-12-22-51(47)61(53)45-18-8-3-9-19-45/h1-37,47,51H. The molecule has 0 N–H and O–H groups in total. The predicted octanol–water partition coefficient (Wildman–Crippen LogP) is 14.2. The normalized spacial score (nSPS) is 16.6. The Balaban J connectivity index is 0.858. The lowest BCUT2D eigenvalue weighted by atomic mass is 9.89. The summed E-state index contributed by atoms with van der Waals surface area (Å²) >= 11 is -0.575. The molecule has 8 aromatic carbocycles. The zero-order chi connectivity index (χ0) is 41.0. The number of para-hydroxylation sites is 2. The molecule has 0 radical (unpaired) electrons. The third kappa shape index (κ3) is 6.39. The zero-order valence-corrected chi connectivity index (χ0v) is 35.8. The molecule has 1 aromatic heterocycles. The van der Waals surface area contributed by atoms with Crippen LogP contribution >= 0.6 is 20.7 Å². The van der Waals surface area contributed by atoms with E-state index in [1.807, 2.05) is 18.2 Å². The van der Waals surface area contributed by atoms with Crippen LogP contribution in [0.1, 0.15) is 28.2 Å². The number of anilines is 2. The Morgan fingerprint density at radius 3 is 1.79 bits per heavy atom. The predicted molar refractivity (Wildman–Crippen MR) is 269 cm³/mol. The number of rotatable bonds is 7. The van der Waals surface area contributed by atoms with E-state index < -0.39 is 20.7 Å². The summed E-state index contributed by atoms with van der Waals surface area (Å²) in [7, 11) is 0. The van der Waals surface area contributed by atoms with Crippen LogP contribution in [-0.2, 0) is 0 Å². The second-order valence-corrected chi connectivity index (χ2v) is 18.5. The molecule has 294 valence electrons. The van der Waals surface area contributed by atoms with E-state index in [9.17, 15) is 0 Å². The lowest BCUT2D eigenvalue weighted by Crippen LogP contribution is -2.28. The Morgan fingerprint density at radius 2 is 1.02 bits per heavy atom. The quantitative estimate of drug-likeness (QED) is 0.147. The van der Waals surface area contributed by atoms with Gasteiger partial charge in [0.1, 0.15) is 7.35 Å². The molecule has 0 saturated heterocycles. The number of fused-ring (bicyclic) bond motifs is 6. The van der Waals surface area contributed by atoms with E-state index in [1.54, 1.807) is 0 Å². The number of hydrogen-bond acceptors (Lipinski definition) is 3. The number of amidine groups is 1. The average Bonchev–Trinajstić information content (AvgIpc) is 3.87. The van der Waals surface area contributed by atoms with E-state index in [4.69, 9.17) is 9.98 Å². The minimum atomic E-state index is -0.575. The summed E-state index contributed by atoms with van der Waals surface area (Å²) in [5.74, 6) is 1.09. The van der Waals surface area contributed by atoms with Gasteiger partial charge in [-0.05, 0) is 103 Å². The third-order valence-corrected chi connectivity index (χ3v) is 15.1. The molecule has 0 saturated carbocycles. The highest BCUT2D eigenvalue weighted by atomic mass is 127. The van der Waals surface area contributed by atoms with Crippen molar-refractivity contribution in [1.29, 1.82) is 0 Å². The molecular formula is C57H39IN4. The van der Waals surface area contributed by atoms with Gasteiger partial charge in [-0.25, -0.2) is 9.98 Å². The Bertz CT molecular complexity index is 3280. The molecule has 5 heteroatoms. The van der Waals surface area contributed by atoms with Crippen molar-refractivity contribution in [1.82, 2.24) is 4.57 Å². The van der Waals surface area contributed by atoms with E-state index in [1.165, 1.54) is 66.6 Å². The minimum absolute atomic E-state index is 0.271. The number of aromatic nitrogens is 1. The highest BCUT2D eigenvalue weighted by Gasteiger charge is 2.37. The molecule has 3 heterocycles. The first-order valence-corrected chi connectivity index (χ1v) is 23.3. The molecule has 3 aliphatic rings. The summed E-state index contributed by atoms with van der Waals surface area (Å²) in [6.45, 7) is 0. The second-order valence-electron chi connectivity index (χ2n) is 15.9. The largest absolute Gasteiger partial charge is 0.333 e. The topological polar surface area (TPSA) is 32.9 Å². The maximum atomic E-state index is 5.14. The van der Waals surface area contributed by atoms with Gasteiger partial charge in [0.15, 0.2) is 5.84 Å². The molecule has 2 aliphatic heterocycles. The van der Waals surface area contributed by atoms with Crippen molar-refractivity contribution in [2.24, 2.45) is 9.98 Å². The summed E-state index contributed by atoms with van der Waals surface area (Å²) < 4.78 is 4.68. The molecule has 9 aromatic rings. The van der Waals surface area contributed by atoms with Gasteiger partial charge in [0, 0.05) is 50.4 Å². The maximum absolute atomic E-state index is 5.14. The van der Waals surface area contributed by atoms with Crippen molar-refractivity contribution in [2.75, 3.05) is 4.90 Å². The summed E-state index contributed by atoms with van der Waals surface area (Å²) in [5.41, 5.74) is 15.6. The van der Waals surface area contributed by atoms with Crippen molar-refractivity contribution >= 4 is 67.1 Å². The van der Waals surface area contributed by atoms with Crippen LogP contribution in [-0.4, -0.2) is 23.8 Å². The number of nitrogens with zero attached hydrogens (tertiary/aromatic N) is 4. The van der Waals surface area contributed by atoms with Crippen LogP contribution in [0.4, 0.5) is 11.4 Å². The summed E-state index contributed by atoms with van der Waals surface area (Å²) in [4.78, 5) is 12.7. The van der Waals surface area contributed by atoms with Crippen molar-refractivity contribution in [3.05, 3.63) is 247 Å². The fourth-order valence-electron chi connectivity index (χ4n) is 9.31. The molecule has 0 spiro atoms. The summed E-state index contributed by atoms with van der Waals surface area (Å²) in [5, 5.41) is 2.51.